The van der Waals surface area contributed by atoms with E-state index in [1.54, 1.807) is 24.3 Å². The van der Waals surface area contributed by atoms with Crippen molar-refractivity contribution in [2.75, 3.05) is 7.11 Å². The minimum absolute atomic E-state index is 0.0721. The lowest BCUT2D eigenvalue weighted by atomic mass is 9.77. The molecule has 2 aliphatic heterocycles. The molecule has 142 valence electrons. The van der Waals surface area contributed by atoms with Crippen LogP contribution in [0.1, 0.15) is 51.1 Å². The van der Waals surface area contributed by atoms with Crippen molar-refractivity contribution in [2.45, 2.75) is 36.9 Å². The summed E-state index contributed by atoms with van der Waals surface area (Å²) in [5, 5.41) is 10.3. The van der Waals surface area contributed by atoms with E-state index < -0.39 is 17.7 Å². The summed E-state index contributed by atoms with van der Waals surface area (Å²) in [5.74, 6) is -2.19. The maximum absolute atomic E-state index is 12.7. The van der Waals surface area contributed by atoms with E-state index >= 15 is 0 Å². The number of methoxy groups -OCH3 is 1. The number of rotatable bonds is 1. The third kappa shape index (κ3) is 1.67. The van der Waals surface area contributed by atoms with Crippen molar-refractivity contribution < 1.29 is 33.6 Å². The SMILES string of the molecule is CO[C@@H]1CC(=O)c2cccc3c2[C@]12Oc1ccc(O)c4c1[C@@](CCC4=O)(O3)O2. The van der Waals surface area contributed by atoms with E-state index in [-0.39, 0.29) is 42.1 Å². The number of hydrogen-bond acceptors (Lipinski definition) is 7. The molecule has 1 N–H and O–H groups in total. The molecule has 2 bridgehead atoms. The van der Waals surface area contributed by atoms with Crippen molar-refractivity contribution in [1.29, 1.82) is 0 Å². The number of ether oxygens (including phenoxy) is 4. The number of carbonyl (C=O) groups is 2. The lowest BCUT2D eigenvalue weighted by molar-refractivity contribution is -0.387. The number of aromatic hydroxyl groups is 1. The first-order valence-electron chi connectivity index (χ1n) is 9.16. The van der Waals surface area contributed by atoms with E-state index in [0.29, 0.717) is 28.2 Å². The second-order valence-electron chi connectivity index (χ2n) is 7.51. The Hall–Kier alpha value is -2.90. The van der Waals surface area contributed by atoms with E-state index in [0.717, 1.165) is 0 Å². The Morgan fingerprint density at radius 1 is 1.07 bits per heavy atom. The molecule has 0 aromatic heterocycles. The smallest absolute Gasteiger partial charge is 0.271 e. The van der Waals surface area contributed by atoms with Gasteiger partial charge in [0, 0.05) is 31.9 Å². The van der Waals surface area contributed by atoms with Crippen molar-refractivity contribution in [2.24, 2.45) is 0 Å². The highest BCUT2D eigenvalue weighted by atomic mass is 16.8. The third-order valence-corrected chi connectivity index (χ3v) is 6.09. The van der Waals surface area contributed by atoms with Crippen molar-refractivity contribution in [3.63, 3.8) is 0 Å². The van der Waals surface area contributed by atoms with Crippen molar-refractivity contribution in [1.82, 2.24) is 0 Å². The van der Waals surface area contributed by atoms with Gasteiger partial charge in [-0.3, -0.25) is 14.3 Å². The van der Waals surface area contributed by atoms with Gasteiger partial charge in [-0.1, -0.05) is 12.1 Å². The number of carbonyl (C=O) groups excluding carboxylic acids is 2. The summed E-state index contributed by atoms with van der Waals surface area (Å²) in [6, 6.07) is 8.28. The molecule has 28 heavy (non-hydrogen) atoms. The summed E-state index contributed by atoms with van der Waals surface area (Å²) in [4.78, 5) is 25.2. The first-order chi connectivity index (χ1) is 13.5. The summed E-state index contributed by atoms with van der Waals surface area (Å²) in [6.45, 7) is 0. The molecule has 0 saturated carbocycles. The average Bonchev–Trinajstić information content (AvgIpc) is 2.69. The van der Waals surface area contributed by atoms with Crippen LogP contribution in [0.25, 0.3) is 0 Å². The van der Waals surface area contributed by atoms with Gasteiger partial charge < -0.3 is 19.3 Å². The predicted molar refractivity (Wildman–Crippen MR) is 93.6 cm³/mol. The molecule has 0 amide bonds. The van der Waals surface area contributed by atoms with Crippen LogP contribution in [0.15, 0.2) is 30.3 Å². The monoisotopic (exact) mass is 380 g/mol. The number of phenols is 1. The zero-order valence-corrected chi connectivity index (χ0v) is 15.0. The summed E-state index contributed by atoms with van der Waals surface area (Å²) in [6.07, 6.45) is -0.153. The largest absolute Gasteiger partial charge is 0.507 e. The summed E-state index contributed by atoms with van der Waals surface area (Å²) in [7, 11) is 1.51. The highest BCUT2D eigenvalue weighted by Crippen LogP contribution is 2.61. The van der Waals surface area contributed by atoms with Crippen LogP contribution in [-0.2, 0) is 21.0 Å². The van der Waals surface area contributed by atoms with Crippen LogP contribution in [0, 0.1) is 0 Å². The molecule has 2 heterocycles. The maximum Gasteiger partial charge on any atom is 0.271 e. The van der Waals surface area contributed by atoms with Crippen molar-refractivity contribution >= 4 is 11.6 Å². The fourth-order valence-electron chi connectivity index (χ4n) is 4.93. The highest BCUT2D eigenvalue weighted by Gasteiger charge is 2.66. The van der Waals surface area contributed by atoms with Crippen LogP contribution in [-0.4, -0.2) is 29.9 Å². The van der Waals surface area contributed by atoms with Gasteiger partial charge in [0.1, 0.15) is 23.4 Å². The summed E-state index contributed by atoms with van der Waals surface area (Å²) in [5.41, 5.74) is 1.56. The van der Waals surface area contributed by atoms with E-state index in [9.17, 15) is 14.7 Å². The van der Waals surface area contributed by atoms with Crippen molar-refractivity contribution in [3.05, 3.63) is 52.6 Å². The van der Waals surface area contributed by atoms with Crippen LogP contribution >= 0.6 is 0 Å². The lowest BCUT2D eigenvalue weighted by Gasteiger charge is -2.56. The molecule has 2 aromatic carbocycles. The van der Waals surface area contributed by atoms with Gasteiger partial charge in [-0.05, 0) is 18.2 Å². The molecule has 2 spiro atoms. The minimum atomic E-state index is -1.37. The van der Waals surface area contributed by atoms with Gasteiger partial charge in [-0.2, -0.15) is 0 Å². The standard InChI is InChI=1S/C21H16O7/c1-25-16-9-13(24)10-3-2-4-14-18(10)21(16)27-15-6-5-11(22)17-12(23)7-8-20(26-14,28-21)19(15)17/h2-6,16,22H,7-9H2,1H3/t16-,20+,21+/m1/s1. The molecule has 7 nitrogen and oxygen atoms in total. The molecule has 0 unspecified atom stereocenters. The molecule has 7 heteroatoms. The van der Waals surface area contributed by atoms with Crippen molar-refractivity contribution in [3.8, 4) is 17.2 Å². The molecular formula is C21H16O7. The molecule has 0 radical (unpaired) electrons. The van der Waals surface area contributed by atoms with Gasteiger partial charge >= 0.3 is 0 Å². The van der Waals surface area contributed by atoms with Gasteiger partial charge in [-0.25, -0.2) is 0 Å². The normalized spacial score (nSPS) is 31.4. The molecule has 0 saturated heterocycles. The molecule has 2 aliphatic carbocycles. The van der Waals surface area contributed by atoms with Crippen LogP contribution < -0.4 is 9.47 Å². The minimum Gasteiger partial charge on any atom is -0.507 e. The Morgan fingerprint density at radius 3 is 2.71 bits per heavy atom. The Morgan fingerprint density at radius 2 is 1.89 bits per heavy atom. The maximum atomic E-state index is 12.7. The molecule has 4 aliphatic rings. The number of phenolic OH excluding ortho intramolecular Hbond substituents is 1. The quantitative estimate of drug-likeness (QED) is 0.813. The zero-order chi connectivity index (χ0) is 19.3. The summed E-state index contributed by atoms with van der Waals surface area (Å²) < 4.78 is 24.8. The zero-order valence-electron chi connectivity index (χ0n) is 15.0. The predicted octanol–water partition coefficient (Wildman–Crippen LogP) is 2.78. The van der Waals surface area contributed by atoms with E-state index in [1.807, 2.05) is 0 Å². The van der Waals surface area contributed by atoms with Crippen LogP contribution in [0.2, 0.25) is 0 Å². The second kappa shape index (κ2) is 4.92. The Bertz CT molecular complexity index is 1090. The Kier molecular flexibility index (Phi) is 2.83. The molecule has 3 atom stereocenters. The van der Waals surface area contributed by atoms with Crippen LogP contribution in [0.3, 0.4) is 0 Å². The fourth-order valence-corrected chi connectivity index (χ4v) is 4.93. The van der Waals surface area contributed by atoms with Crippen LogP contribution in [0.4, 0.5) is 0 Å². The first-order valence-corrected chi connectivity index (χ1v) is 9.16. The van der Waals surface area contributed by atoms with Gasteiger partial charge in [0.15, 0.2) is 11.6 Å². The molecule has 2 aromatic rings. The van der Waals surface area contributed by atoms with E-state index in [2.05, 4.69) is 0 Å². The van der Waals surface area contributed by atoms with Gasteiger partial charge in [0.05, 0.1) is 16.7 Å². The molecular weight excluding hydrogens is 364 g/mol. The van der Waals surface area contributed by atoms with Gasteiger partial charge in [0.25, 0.3) is 5.79 Å². The number of ketones is 2. The third-order valence-electron chi connectivity index (χ3n) is 6.09. The van der Waals surface area contributed by atoms with Gasteiger partial charge in [-0.15, -0.1) is 0 Å². The average molecular weight is 380 g/mol. The highest BCUT2D eigenvalue weighted by molar-refractivity contribution is 6.03. The fraction of sp³-hybridized carbons (Fsp3) is 0.333. The number of benzene rings is 2. The first kappa shape index (κ1) is 16.1. The molecule has 0 fully saturated rings. The summed E-state index contributed by atoms with van der Waals surface area (Å²) >= 11 is 0. The topological polar surface area (TPSA) is 91.3 Å². The van der Waals surface area contributed by atoms with E-state index in [4.69, 9.17) is 18.9 Å². The lowest BCUT2D eigenvalue weighted by Crippen LogP contribution is -2.63. The number of Topliss-reactive ketones (excluding diaryl/α,β-unsaturated/α-hetero) is 2. The molecule has 6 rings (SSSR count). The second-order valence-corrected chi connectivity index (χ2v) is 7.51. The Labute approximate surface area is 159 Å². The van der Waals surface area contributed by atoms with E-state index in [1.165, 1.54) is 13.2 Å². The van der Waals surface area contributed by atoms with Gasteiger partial charge in [0.2, 0.25) is 5.79 Å². The number of hydrogen-bond donors (Lipinski definition) is 1. The van der Waals surface area contributed by atoms with Crippen LogP contribution in [0.5, 0.6) is 17.2 Å². The Balaban J connectivity index is 1.71.